The number of halogens is 1. The van der Waals surface area contributed by atoms with Gasteiger partial charge in [-0.15, -0.1) is 11.8 Å². The van der Waals surface area contributed by atoms with Gasteiger partial charge in [0, 0.05) is 23.0 Å². The molecule has 1 spiro atoms. The van der Waals surface area contributed by atoms with Crippen LogP contribution >= 0.6 is 23.4 Å². The second kappa shape index (κ2) is 7.73. The molecule has 7 atom stereocenters. The van der Waals surface area contributed by atoms with Crippen molar-refractivity contribution < 1.29 is 19.5 Å². The average molecular weight is 452 g/mol. The molecule has 7 nitrogen and oxygen atoms in total. The number of thioether (sulfide) groups is 1. The van der Waals surface area contributed by atoms with E-state index in [1.54, 1.807) is 50.0 Å². The van der Waals surface area contributed by atoms with Gasteiger partial charge in [-0.25, -0.2) is 0 Å². The SMILES string of the molecule is CNC(=O)[C@@H]1[C@H]2C(=O)N([C@H](C)CO)C(C(=O)Nc3ccc(Cl)cc3)C23S[C@@H]1CC3C. The maximum atomic E-state index is 13.6. The van der Waals surface area contributed by atoms with E-state index in [1.807, 2.05) is 0 Å². The second-order valence-corrected chi connectivity index (χ2v) is 10.4. The molecule has 3 unspecified atom stereocenters. The molecule has 0 saturated carbocycles. The molecule has 3 amide bonds. The van der Waals surface area contributed by atoms with Gasteiger partial charge in [-0.3, -0.25) is 14.4 Å². The van der Waals surface area contributed by atoms with Crippen LogP contribution in [0.5, 0.6) is 0 Å². The van der Waals surface area contributed by atoms with Crippen LogP contribution in [0.3, 0.4) is 0 Å². The first-order valence-corrected chi connectivity index (χ1v) is 11.4. The van der Waals surface area contributed by atoms with E-state index < -0.39 is 28.7 Å². The number of carbonyl (C=O) groups excluding carboxylic acids is 3. The third kappa shape index (κ3) is 2.95. The van der Waals surface area contributed by atoms with Crippen molar-refractivity contribution in [3.8, 4) is 0 Å². The van der Waals surface area contributed by atoms with Crippen molar-refractivity contribution in [3.05, 3.63) is 29.3 Å². The summed E-state index contributed by atoms with van der Waals surface area (Å²) in [4.78, 5) is 41.3. The van der Waals surface area contributed by atoms with Crippen LogP contribution in [-0.4, -0.2) is 63.5 Å². The van der Waals surface area contributed by atoms with Crippen LogP contribution in [-0.2, 0) is 14.4 Å². The van der Waals surface area contributed by atoms with Crippen LogP contribution in [0.15, 0.2) is 24.3 Å². The highest BCUT2D eigenvalue weighted by Crippen LogP contribution is 2.68. The van der Waals surface area contributed by atoms with Gasteiger partial charge in [-0.2, -0.15) is 0 Å². The van der Waals surface area contributed by atoms with Crippen LogP contribution in [0.2, 0.25) is 5.02 Å². The number of aliphatic hydroxyl groups excluding tert-OH is 1. The number of nitrogens with zero attached hydrogens (tertiary/aromatic N) is 1. The maximum absolute atomic E-state index is 13.6. The summed E-state index contributed by atoms with van der Waals surface area (Å²) in [5.74, 6) is -1.64. The van der Waals surface area contributed by atoms with Crippen molar-refractivity contribution in [2.75, 3.05) is 19.0 Å². The first-order valence-electron chi connectivity index (χ1n) is 10.1. The molecule has 30 heavy (non-hydrogen) atoms. The number of anilines is 1. The Morgan fingerprint density at radius 2 is 2.00 bits per heavy atom. The standard InChI is InChI=1S/C21H26ClN3O4S/c1-10-8-14-15(18(27)23-3)16-20(29)25(11(2)9-26)17(21(10,16)30-14)19(28)24-13-6-4-12(22)5-7-13/h4-7,10-11,14-17,26H,8-9H2,1-3H3,(H,23,27)(H,24,28)/t10?,11-,14-,15+,16+,17?,21?/m1/s1. The molecule has 3 N–H and O–H groups in total. The molecular weight excluding hydrogens is 426 g/mol. The number of carbonyl (C=O) groups is 3. The third-order valence-electron chi connectivity index (χ3n) is 6.83. The minimum atomic E-state index is -0.771. The van der Waals surface area contributed by atoms with Gasteiger partial charge in [0.25, 0.3) is 0 Å². The van der Waals surface area contributed by atoms with Crippen molar-refractivity contribution >= 4 is 46.8 Å². The van der Waals surface area contributed by atoms with Gasteiger partial charge >= 0.3 is 0 Å². The molecule has 3 saturated heterocycles. The summed E-state index contributed by atoms with van der Waals surface area (Å²) in [6, 6.07) is 5.49. The number of rotatable bonds is 5. The van der Waals surface area contributed by atoms with Crippen LogP contribution in [0.1, 0.15) is 20.3 Å². The zero-order valence-electron chi connectivity index (χ0n) is 17.1. The van der Waals surface area contributed by atoms with E-state index in [0.717, 1.165) is 6.42 Å². The summed E-state index contributed by atoms with van der Waals surface area (Å²) in [7, 11) is 1.58. The molecule has 2 bridgehead atoms. The predicted molar refractivity (Wildman–Crippen MR) is 116 cm³/mol. The quantitative estimate of drug-likeness (QED) is 0.633. The Balaban J connectivity index is 1.76. The Bertz CT molecular complexity index is 882. The van der Waals surface area contributed by atoms with Crippen molar-refractivity contribution in [2.45, 2.75) is 42.3 Å². The number of hydrogen-bond donors (Lipinski definition) is 3. The normalized spacial score (nSPS) is 35.3. The monoisotopic (exact) mass is 451 g/mol. The number of amides is 3. The first kappa shape index (κ1) is 21.5. The number of aliphatic hydroxyl groups is 1. The lowest BCUT2D eigenvalue weighted by Gasteiger charge is -2.39. The zero-order chi connectivity index (χ0) is 21.8. The summed E-state index contributed by atoms with van der Waals surface area (Å²) in [5.41, 5.74) is 0.585. The summed E-state index contributed by atoms with van der Waals surface area (Å²) in [5, 5.41) is 16.0. The number of nitrogens with one attached hydrogen (secondary N) is 2. The Hall–Kier alpha value is -1.77. The van der Waals surface area contributed by atoms with Crippen molar-refractivity contribution in [3.63, 3.8) is 0 Å². The molecule has 4 rings (SSSR count). The maximum Gasteiger partial charge on any atom is 0.248 e. The Morgan fingerprint density at radius 3 is 2.60 bits per heavy atom. The smallest absolute Gasteiger partial charge is 0.248 e. The molecule has 0 radical (unpaired) electrons. The minimum absolute atomic E-state index is 0.00585. The largest absolute Gasteiger partial charge is 0.394 e. The van der Waals surface area contributed by atoms with Crippen molar-refractivity contribution in [1.82, 2.24) is 10.2 Å². The van der Waals surface area contributed by atoms with E-state index in [0.29, 0.717) is 10.7 Å². The molecule has 162 valence electrons. The first-order chi connectivity index (χ1) is 14.3. The van der Waals surface area contributed by atoms with E-state index >= 15 is 0 Å². The number of benzene rings is 1. The fourth-order valence-electron chi connectivity index (χ4n) is 5.53. The lowest BCUT2D eigenvalue weighted by atomic mass is 9.66. The fraction of sp³-hybridized carbons (Fsp3) is 0.571. The van der Waals surface area contributed by atoms with E-state index in [1.165, 1.54) is 4.90 Å². The molecule has 3 aliphatic heterocycles. The summed E-state index contributed by atoms with van der Waals surface area (Å²) < 4.78 is -0.696. The summed E-state index contributed by atoms with van der Waals surface area (Å²) in [6.45, 7) is 3.53. The molecule has 1 aromatic rings. The third-order valence-corrected chi connectivity index (χ3v) is 9.16. The fourth-order valence-corrected chi connectivity index (χ4v) is 8.07. The summed E-state index contributed by atoms with van der Waals surface area (Å²) >= 11 is 7.55. The van der Waals surface area contributed by atoms with Crippen molar-refractivity contribution in [2.24, 2.45) is 17.8 Å². The van der Waals surface area contributed by atoms with Gasteiger partial charge in [-0.1, -0.05) is 18.5 Å². The number of fused-ring (bicyclic) bond motifs is 1. The molecule has 0 aromatic heterocycles. The van der Waals surface area contributed by atoms with E-state index in [2.05, 4.69) is 17.6 Å². The predicted octanol–water partition coefficient (Wildman–Crippen LogP) is 1.74. The zero-order valence-corrected chi connectivity index (χ0v) is 18.7. The average Bonchev–Trinajstić information content (AvgIpc) is 3.32. The van der Waals surface area contributed by atoms with E-state index in [-0.39, 0.29) is 35.5 Å². The van der Waals surface area contributed by atoms with Crippen LogP contribution < -0.4 is 10.6 Å². The highest BCUT2D eigenvalue weighted by Gasteiger charge is 2.76. The molecule has 3 fully saturated rings. The highest BCUT2D eigenvalue weighted by molar-refractivity contribution is 8.02. The van der Waals surface area contributed by atoms with Crippen molar-refractivity contribution in [1.29, 1.82) is 0 Å². The molecule has 9 heteroatoms. The van der Waals surface area contributed by atoms with Gasteiger partial charge in [0.05, 0.1) is 29.2 Å². The number of likely N-dealkylation sites (tertiary alicyclic amines) is 1. The van der Waals surface area contributed by atoms with Crippen LogP contribution in [0.25, 0.3) is 0 Å². The highest BCUT2D eigenvalue weighted by atomic mass is 35.5. The van der Waals surface area contributed by atoms with E-state index in [9.17, 15) is 19.5 Å². The minimum Gasteiger partial charge on any atom is -0.394 e. The summed E-state index contributed by atoms with van der Waals surface area (Å²) in [6.07, 6.45) is 0.776. The van der Waals surface area contributed by atoms with Gasteiger partial charge in [0.1, 0.15) is 6.04 Å². The molecule has 3 heterocycles. The lowest BCUT2D eigenvalue weighted by molar-refractivity contribution is -0.141. The van der Waals surface area contributed by atoms with Crippen LogP contribution in [0, 0.1) is 17.8 Å². The van der Waals surface area contributed by atoms with E-state index in [4.69, 9.17) is 11.6 Å². The van der Waals surface area contributed by atoms with Gasteiger partial charge in [-0.05, 0) is 43.5 Å². The topological polar surface area (TPSA) is 98.7 Å². The van der Waals surface area contributed by atoms with Gasteiger partial charge in [0.2, 0.25) is 17.7 Å². The molecule has 3 aliphatic rings. The molecule has 1 aromatic carbocycles. The molecule has 0 aliphatic carbocycles. The Morgan fingerprint density at radius 1 is 1.33 bits per heavy atom. The second-order valence-electron chi connectivity index (χ2n) is 8.44. The Labute approximate surface area is 184 Å². The Kier molecular flexibility index (Phi) is 5.53. The van der Waals surface area contributed by atoms with Gasteiger partial charge in [0.15, 0.2) is 0 Å². The number of hydrogen-bond acceptors (Lipinski definition) is 5. The molecular formula is C21H26ClN3O4S. The van der Waals surface area contributed by atoms with Gasteiger partial charge < -0.3 is 20.6 Å². The van der Waals surface area contributed by atoms with Crippen LogP contribution in [0.4, 0.5) is 5.69 Å². The lowest BCUT2D eigenvalue weighted by Crippen LogP contribution is -2.56.